The molecule has 7 nitrogen and oxygen atoms in total. The van der Waals surface area contributed by atoms with Gasteiger partial charge >= 0.3 is 5.97 Å². The summed E-state index contributed by atoms with van der Waals surface area (Å²) in [5.74, 6) is -1.12. The molecule has 0 aliphatic carbocycles. The fourth-order valence-corrected chi connectivity index (χ4v) is 4.06. The van der Waals surface area contributed by atoms with Gasteiger partial charge < -0.3 is 10.0 Å². The minimum absolute atomic E-state index is 0.0189. The predicted octanol–water partition coefficient (Wildman–Crippen LogP) is 1.55. The molecular formula is C18H26N2O5S. The van der Waals surface area contributed by atoms with E-state index < -0.39 is 16.0 Å². The van der Waals surface area contributed by atoms with Gasteiger partial charge in [-0.05, 0) is 24.8 Å². The van der Waals surface area contributed by atoms with Crippen LogP contribution in [0.15, 0.2) is 30.3 Å². The normalized spacial score (nSPS) is 16.3. The van der Waals surface area contributed by atoms with Gasteiger partial charge in [0.15, 0.2) is 0 Å². The first-order valence-electron chi connectivity index (χ1n) is 8.77. The molecule has 0 spiro atoms. The van der Waals surface area contributed by atoms with Crippen molar-refractivity contribution in [1.29, 1.82) is 0 Å². The molecule has 144 valence electrons. The number of sulfonamides is 1. The lowest BCUT2D eigenvalue weighted by atomic mass is 9.96. The molecule has 1 heterocycles. The number of aliphatic carboxylic acids is 1. The number of carboxylic acids is 1. The molecule has 2 rings (SSSR count). The van der Waals surface area contributed by atoms with Gasteiger partial charge in [-0.3, -0.25) is 9.59 Å². The van der Waals surface area contributed by atoms with Gasteiger partial charge in [-0.2, -0.15) is 0 Å². The lowest BCUT2D eigenvalue weighted by Gasteiger charge is -2.33. The van der Waals surface area contributed by atoms with Crippen molar-refractivity contribution >= 4 is 21.9 Å². The van der Waals surface area contributed by atoms with Crippen molar-refractivity contribution in [3.63, 3.8) is 0 Å². The molecular weight excluding hydrogens is 356 g/mol. The quantitative estimate of drug-likeness (QED) is 0.736. The average Bonchev–Trinajstić information content (AvgIpc) is 2.60. The number of amides is 1. The molecule has 26 heavy (non-hydrogen) atoms. The third-order valence-corrected chi connectivity index (χ3v) is 5.92. The van der Waals surface area contributed by atoms with Crippen LogP contribution in [0.5, 0.6) is 0 Å². The summed E-state index contributed by atoms with van der Waals surface area (Å²) in [6.07, 6.45) is 2.59. The van der Waals surface area contributed by atoms with Crippen LogP contribution in [-0.4, -0.2) is 60.5 Å². The average molecular weight is 382 g/mol. The van der Waals surface area contributed by atoms with Crippen LogP contribution in [0.3, 0.4) is 0 Å². The largest absolute Gasteiger partial charge is 0.481 e. The Kier molecular flexibility index (Phi) is 7.16. The SMILES string of the molecule is CS(=O)(=O)N1CCC(C(=O)N(CCCC(=O)O)Cc2ccccc2)CC1. The third-order valence-electron chi connectivity index (χ3n) is 4.62. The van der Waals surface area contributed by atoms with Gasteiger partial charge in [0.25, 0.3) is 0 Å². The van der Waals surface area contributed by atoms with Gasteiger partial charge in [-0.1, -0.05) is 30.3 Å². The molecule has 1 aliphatic heterocycles. The number of nitrogens with zero attached hydrogens (tertiary/aromatic N) is 2. The molecule has 0 bridgehead atoms. The summed E-state index contributed by atoms with van der Waals surface area (Å²) in [7, 11) is -3.22. The minimum Gasteiger partial charge on any atom is -0.481 e. The number of hydrogen-bond donors (Lipinski definition) is 1. The lowest BCUT2D eigenvalue weighted by Crippen LogP contribution is -2.44. The van der Waals surface area contributed by atoms with Crippen LogP contribution in [0.1, 0.15) is 31.2 Å². The summed E-state index contributed by atoms with van der Waals surface area (Å²) in [6.45, 7) is 1.52. The second-order valence-corrected chi connectivity index (χ2v) is 8.66. The highest BCUT2D eigenvalue weighted by atomic mass is 32.2. The van der Waals surface area contributed by atoms with E-state index in [9.17, 15) is 18.0 Å². The monoisotopic (exact) mass is 382 g/mol. The Morgan fingerprint density at radius 2 is 1.81 bits per heavy atom. The van der Waals surface area contributed by atoms with Crippen molar-refractivity contribution in [2.45, 2.75) is 32.2 Å². The van der Waals surface area contributed by atoms with Crippen LogP contribution in [-0.2, 0) is 26.2 Å². The number of piperidine rings is 1. The Balaban J connectivity index is 2.01. The molecule has 1 aromatic carbocycles. The Hall–Kier alpha value is -1.93. The van der Waals surface area contributed by atoms with Crippen molar-refractivity contribution < 1.29 is 23.1 Å². The van der Waals surface area contributed by atoms with Gasteiger partial charge in [0.2, 0.25) is 15.9 Å². The molecule has 1 aliphatic rings. The molecule has 0 radical (unpaired) electrons. The topological polar surface area (TPSA) is 95.0 Å². The zero-order valence-corrected chi connectivity index (χ0v) is 15.8. The van der Waals surface area contributed by atoms with E-state index in [1.54, 1.807) is 4.90 Å². The molecule has 8 heteroatoms. The van der Waals surface area contributed by atoms with Gasteiger partial charge in [0.05, 0.1) is 6.26 Å². The second kappa shape index (κ2) is 9.14. The molecule has 0 atom stereocenters. The number of rotatable bonds is 8. The molecule has 0 saturated carbocycles. The van der Waals surface area contributed by atoms with Crippen molar-refractivity contribution in [3.8, 4) is 0 Å². The molecule has 1 aromatic rings. The van der Waals surface area contributed by atoms with Crippen molar-refractivity contribution in [3.05, 3.63) is 35.9 Å². The lowest BCUT2D eigenvalue weighted by molar-refractivity contribution is -0.140. The van der Waals surface area contributed by atoms with E-state index in [4.69, 9.17) is 5.11 Å². The van der Waals surface area contributed by atoms with E-state index in [0.29, 0.717) is 45.4 Å². The highest BCUT2D eigenvalue weighted by molar-refractivity contribution is 7.88. The number of carbonyl (C=O) groups excluding carboxylic acids is 1. The number of hydrogen-bond acceptors (Lipinski definition) is 4. The highest BCUT2D eigenvalue weighted by Crippen LogP contribution is 2.22. The summed E-state index contributed by atoms with van der Waals surface area (Å²) >= 11 is 0. The second-order valence-electron chi connectivity index (χ2n) is 6.68. The van der Waals surface area contributed by atoms with Gasteiger partial charge in [0.1, 0.15) is 0 Å². The van der Waals surface area contributed by atoms with E-state index in [0.717, 1.165) is 5.56 Å². The molecule has 0 unspecified atom stereocenters. The predicted molar refractivity (Wildman–Crippen MR) is 97.9 cm³/mol. The van der Waals surface area contributed by atoms with Gasteiger partial charge in [-0.15, -0.1) is 0 Å². The van der Waals surface area contributed by atoms with Gasteiger partial charge in [0, 0.05) is 38.5 Å². The summed E-state index contributed by atoms with van der Waals surface area (Å²) in [5.41, 5.74) is 0.991. The van der Waals surface area contributed by atoms with E-state index in [1.165, 1.54) is 10.6 Å². The van der Waals surface area contributed by atoms with Crippen LogP contribution >= 0.6 is 0 Å². The molecule has 1 saturated heterocycles. The Morgan fingerprint density at radius 1 is 1.19 bits per heavy atom. The van der Waals surface area contributed by atoms with E-state index in [1.807, 2.05) is 30.3 Å². The van der Waals surface area contributed by atoms with Crippen LogP contribution in [0.2, 0.25) is 0 Å². The van der Waals surface area contributed by atoms with Crippen molar-refractivity contribution in [1.82, 2.24) is 9.21 Å². The molecule has 1 N–H and O–H groups in total. The number of carbonyl (C=O) groups is 2. The van der Waals surface area contributed by atoms with Crippen LogP contribution in [0, 0.1) is 5.92 Å². The first-order chi connectivity index (χ1) is 12.3. The zero-order valence-electron chi connectivity index (χ0n) is 15.0. The summed E-state index contributed by atoms with van der Waals surface area (Å²) in [5, 5.41) is 8.84. The molecule has 1 fully saturated rings. The molecule has 1 amide bonds. The van der Waals surface area contributed by atoms with Crippen LogP contribution in [0.25, 0.3) is 0 Å². The fraction of sp³-hybridized carbons (Fsp3) is 0.556. The maximum absolute atomic E-state index is 12.9. The van der Waals surface area contributed by atoms with Gasteiger partial charge in [-0.25, -0.2) is 12.7 Å². The smallest absolute Gasteiger partial charge is 0.303 e. The Labute approximate surface area is 154 Å². The summed E-state index contributed by atoms with van der Waals surface area (Å²) in [4.78, 5) is 25.4. The van der Waals surface area contributed by atoms with Crippen molar-refractivity contribution in [2.75, 3.05) is 25.9 Å². The number of benzene rings is 1. The van der Waals surface area contributed by atoms with E-state index in [-0.39, 0.29) is 18.2 Å². The van der Waals surface area contributed by atoms with Crippen molar-refractivity contribution in [2.24, 2.45) is 5.92 Å². The first-order valence-corrected chi connectivity index (χ1v) is 10.6. The van der Waals surface area contributed by atoms with Crippen LogP contribution < -0.4 is 0 Å². The third kappa shape index (κ3) is 6.10. The van der Waals surface area contributed by atoms with E-state index in [2.05, 4.69) is 0 Å². The number of carboxylic acid groups (broad SMARTS) is 1. The maximum atomic E-state index is 12.9. The highest BCUT2D eigenvalue weighted by Gasteiger charge is 2.31. The van der Waals surface area contributed by atoms with Crippen LogP contribution in [0.4, 0.5) is 0 Å². The standard InChI is InChI=1S/C18H26N2O5S/c1-26(24,25)20-12-9-16(10-13-20)18(23)19(11-5-8-17(21)22)14-15-6-3-2-4-7-15/h2-4,6-7,16H,5,8-14H2,1H3,(H,21,22). The zero-order chi connectivity index (χ0) is 19.2. The molecule has 0 aromatic heterocycles. The van der Waals surface area contributed by atoms with E-state index >= 15 is 0 Å². The Morgan fingerprint density at radius 3 is 2.35 bits per heavy atom. The first kappa shape index (κ1) is 20.4. The maximum Gasteiger partial charge on any atom is 0.303 e. The fourth-order valence-electron chi connectivity index (χ4n) is 3.18. The minimum atomic E-state index is -3.22. The summed E-state index contributed by atoms with van der Waals surface area (Å²) < 4.78 is 24.6. The summed E-state index contributed by atoms with van der Waals surface area (Å²) in [6, 6.07) is 9.58. The Bertz CT molecular complexity index is 712.